The number of carbonyl (C=O) groups is 2. The third kappa shape index (κ3) is 5.89. The van der Waals surface area contributed by atoms with Gasteiger partial charge in [-0.25, -0.2) is 14.6 Å². The molecule has 0 saturated carbocycles. The summed E-state index contributed by atoms with van der Waals surface area (Å²) in [5.41, 5.74) is 2.57. The van der Waals surface area contributed by atoms with E-state index in [1.165, 1.54) is 0 Å². The largest absolute Gasteiger partial charge is 0.463 e. The number of aromatic nitrogens is 4. The zero-order valence-corrected chi connectivity index (χ0v) is 22.5. The standard InChI is InChI=1S/C27H33N7O5/c1-16-19-6-5-18(15-21(19)34(32-16)26(36)37)29-24-30-20-10-14-38-22(20)23(31-24)33-12-8-17(9-13-33)7-11-28-25(35)39-27(2,3)4/h5-6,10,14-15,17H,7-9,11-13H2,1-4H3,(H,28,35)(H,36,37)(H,29,30,31). The molecular formula is C27H33N7O5. The molecule has 4 aromatic rings. The normalized spacial score (nSPS) is 14.6. The number of aryl methyl sites for hydroxylation is 1. The van der Waals surface area contributed by atoms with E-state index < -0.39 is 11.7 Å². The summed E-state index contributed by atoms with van der Waals surface area (Å²) in [7, 11) is 0. The number of fused-ring (bicyclic) bond motifs is 2. The minimum absolute atomic E-state index is 0.386. The molecule has 5 rings (SSSR count). The Labute approximate surface area is 225 Å². The van der Waals surface area contributed by atoms with Gasteiger partial charge in [-0.15, -0.1) is 0 Å². The number of ether oxygens (including phenoxy) is 1. The second-order valence-electron chi connectivity index (χ2n) is 10.8. The molecule has 12 heteroatoms. The van der Waals surface area contributed by atoms with Gasteiger partial charge in [0.15, 0.2) is 11.4 Å². The first-order chi connectivity index (χ1) is 18.6. The molecule has 1 aliphatic rings. The summed E-state index contributed by atoms with van der Waals surface area (Å²) < 4.78 is 12.0. The van der Waals surface area contributed by atoms with E-state index in [1.54, 1.807) is 25.3 Å². The molecule has 3 aromatic heterocycles. The van der Waals surface area contributed by atoms with E-state index in [4.69, 9.17) is 14.1 Å². The van der Waals surface area contributed by atoms with E-state index in [0.29, 0.717) is 52.2 Å². The first-order valence-electron chi connectivity index (χ1n) is 13.0. The Morgan fingerprint density at radius 3 is 2.67 bits per heavy atom. The molecule has 206 valence electrons. The van der Waals surface area contributed by atoms with Crippen molar-refractivity contribution in [3.8, 4) is 0 Å². The number of hydrogen-bond acceptors (Lipinski definition) is 9. The van der Waals surface area contributed by atoms with Crippen molar-refractivity contribution in [1.82, 2.24) is 25.1 Å². The van der Waals surface area contributed by atoms with Gasteiger partial charge in [-0.2, -0.15) is 14.8 Å². The van der Waals surface area contributed by atoms with E-state index in [0.717, 1.165) is 42.4 Å². The van der Waals surface area contributed by atoms with Crippen LogP contribution in [0.3, 0.4) is 0 Å². The molecule has 0 atom stereocenters. The van der Waals surface area contributed by atoms with Crippen molar-refractivity contribution in [2.45, 2.75) is 52.6 Å². The fraction of sp³-hybridized carbons (Fsp3) is 0.444. The highest BCUT2D eigenvalue weighted by molar-refractivity contribution is 5.92. The molecule has 1 amide bonds. The number of nitrogens with one attached hydrogen (secondary N) is 2. The predicted molar refractivity (Wildman–Crippen MR) is 147 cm³/mol. The Hall–Kier alpha value is -4.35. The number of nitrogens with zero attached hydrogens (tertiary/aromatic N) is 5. The first kappa shape index (κ1) is 26.3. The van der Waals surface area contributed by atoms with Crippen molar-refractivity contribution in [1.29, 1.82) is 0 Å². The van der Waals surface area contributed by atoms with Gasteiger partial charge in [-0.1, -0.05) is 0 Å². The van der Waals surface area contributed by atoms with Gasteiger partial charge in [-0.05, 0) is 71.1 Å². The van der Waals surface area contributed by atoms with E-state index in [1.807, 2.05) is 32.9 Å². The van der Waals surface area contributed by atoms with Crippen LogP contribution in [0.1, 0.15) is 45.7 Å². The number of carboxylic acid groups (broad SMARTS) is 1. The molecule has 1 aromatic carbocycles. The quantitative estimate of drug-likeness (QED) is 0.298. The molecular weight excluding hydrogens is 502 g/mol. The lowest BCUT2D eigenvalue weighted by molar-refractivity contribution is 0.0524. The second kappa shape index (κ2) is 10.4. The number of hydrogen-bond donors (Lipinski definition) is 3. The van der Waals surface area contributed by atoms with Crippen LogP contribution in [0.4, 0.5) is 27.0 Å². The molecule has 1 aliphatic heterocycles. The third-order valence-electron chi connectivity index (χ3n) is 6.72. The summed E-state index contributed by atoms with van der Waals surface area (Å²) in [6.45, 7) is 9.49. The number of amides is 1. The summed E-state index contributed by atoms with van der Waals surface area (Å²) in [4.78, 5) is 35.1. The molecule has 0 radical (unpaired) electrons. The fourth-order valence-corrected chi connectivity index (χ4v) is 4.87. The molecule has 39 heavy (non-hydrogen) atoms. The number of alkyl carbamates (subject to hydrolysis) is 1. The first-order valence-corrected chi connectivity index (χ1v) is 13.0. The van der Waals surface area contributed by atoms with Crippen molar-refractivity contribution in [2.75, 3.05) is 29.9 Å². The van der Waals surface area contributed by atoms with Crippen LogP contribution >= 0.6 is 0 Å². The van der Waals surface area contributed by atoms with E-state index >= 15 is 0 Å². The maximum absolute atomic E-state index is 11.9. The maximum Gasteiger partial charge on any atom is 0.432 e. The minimum atomic E-state index is -1.15. The van der Waals surface area contributed by atoms with Crippen LogP contribution < -0.4 is 15.5 Å². The molecule has 3 N–H and O–H groups in total. The molecule has 1 saturated heterocycles. The minimum Gasteiger partial charge on any atom is -0.463 e. The summed E-state index contributed by atoms with van der Waals surface area (Å²) in [6.07, 6.45) is 2.87. The van der Waals surface area contributed by atoms with Crippen LogP contribution in [0, 0.1) is 12.8 Å². The highest BCUT2D eigenvalue weighted by Crippen LogP contribution is 2.32. The Balaban J connectivity index is 1.27. The van der Waals surface area contributed by atoms with Gasteiger partial charge in [0.25, 0.3) is 0 Å². The van der Waals surface area contributed by atoms with Crippen LogP contribution in [0.25, 0.3) is 22.0 Å². The Bertz CT molecular complexity index is 1510. The monoisotopic (exact) mass is 535 g/mol. The molecule has 1 fully saturated rings. The van der Waals surface area contributed by atoms with Crippen LogP contribution in [-0.2, 0) is 4.74 Å². The van der Waals surface area contributed by atoms with E-state index in [2.05, 4.69) is 25.6 Å². The number of carbonyl (C=O) groups excluding carboxylic acids is 1. The van der Waals surface area contributed by atoms with Crippen LogP contribution in [0.15, 0.2) is 34.9 Å². The van der Waals surface area contributed by atoms with Gasteiger partial charge >= 0.3 is 12.2 Å². The van der Waals surface area contributed by atoms with Gasteiger partial charge in [-0.3, -0.25) is 0 Å². The lowest BCUT2D eigenvalue weighted by Gasteiger charge is -2.33. The van der Waals surface area contributed by atoms with Crippen LogP contribution in [-0.4, -0.2) is 62.3 Å². The van der Waals surface area contributed by atoms with Crippen molar-refractivity contribution in [2.24, 2.45) is 5.92 Å². The van der Waals surface area contributed by atoms with E-state index in [9.17, 15) is 14.7 Å². The van der Waals surface area contributed by atoms with Crippen LogP contribution in [0.5, 0.6) is 0 Å². The molecule has 4 heterocycles. The zero-order valence-electron chi connectivity index (χ0n) is 22.5. The Kier molecular flexibility index (Phi) is 7.02. The lowest BCUT2D eigenvalue weighted by Crippen LogP contribution is -2.37. The molecule has 0 spiro atoms. The maximum atomic E-state index is 11.9. The number of piperidine rings is 1. The van der Waals surface area contributed by atoms with Gasteiger partial charge < -0.3 is 29.8 Å². The number of anilines is 3. The number of furan rings is 1. The third-order valence-corrected chi connectivity index (χ3v) is 6.72. The Morgan fingerprint density at radius 1 is 1.18 bits per heavy atom. The highest BCUT2D eigenvalue weighted by atomic mass is 16.6. The highest BCUT2D eigenvalue weighted by Gasteiger charge is 2.24. The van der Waals surface area contributed by atoms with Gasteiger partial charge in [0.2, 0.25) is 5.95 Å². The summed E-state index contributed by atoms with van der Waals surface area (Å²) in [6, 6.07) is 7.21. The van der Waals surface area contributed by atoms with E-state index in [-0.39, 0.29) is 6.09 Å². The smallest absolute Gasteiger partial charge is 0.432 e. The SMILES string of the molecule is Cc1nn(C(=O)O)c2cc(Nc3nc(N4CCC(CCNC(=O)OC(C)(C)C)CC4)c4occc4n3)ccc12. The molecule has 0 aliphatic carbocycles. The van der Waals surface area contributed by atoms with Crippen molar-refractivity contribution in [3.05, 3.63) is 36.2 Å². The van der Waals surface area contributed by atoms with Crippen molar-refractivity contribution < 1.29 is 23.8 Å². The lowest BCUT2D eigenvalue weighted by atomic mass is 9.93. The zero-order chi connectivity index (χ0) is 27.7. The van der Waals surface area contributed by atoms with Crippen LogP contribution in [0.2, 0.25) is 0 Å². The second-order valence-corrected chi connectivity index (χ2v) is 10.8. The molecule has 12 nitrogen and oxygen atoms in total. The average Bonchev–Trinajstić information content (AvgIpc) is 3.47. The topological polar surface area (TPSA) is 148 Å². The van der Waals surface area contributed by atoms with Gasteiger partial charge in [0, 0.05) is 36.8 Å². The summed E-state index contributed by atoms with van der Waals surface area (Å²) in [5.74, 6) is 1.59. The van der Waals surface area contributed by atoms with Crippen molar-refractivity contribution in [3.63, 3.8) is 0 Å². The predicted octanol–water partition coefficient (Wildman–Crippen LogP) is 5.28. The fourth-order valence-electron chi connectivity index (χ4n) is 4.87. The number of benzene rings is 1. The van der Waals surface area contributed by atoms with Crippen molar-refractivity contribution >= 4 is 51.6 Å². The molecule has 0 bridgehead atoms. The van der Waals surface area contributed by atoms with Gasteiger partial charge in [0.1, 0.15) is 11.1 Å². The number of rotatable bonds is 6. The summed E-state index contributed by atoms with van der Waals surface area (Å²) >= 11 is 0. The average molecular weight is 536 g/mol. The Morgan fingerprint density at radius 2 is 1.95 bits per heavy atom. The molecule has 0 unspecified atom stereocenters. The summed E-state index contributed by atoms with van der Waals surface area (Å²) in [5, 5.41) is 20.4. The van der Waals surface area contributed by atoms with Gasteiger partial charge in [0.05, 0.1) is 17.5 Å².